The summed E-state index contributed by atoms with van der Waals surface area (Å²) < 4.78 is 11.2. The molecule has 0 heterocycles. The van der Waals surface area contributed by atoms with Gasteiger partial charge in [0, 0.05) is 6.04 Å². The topological polar surface area (TPSA) is 96.9 Å². The number of hydrogen-bond acceptors (Lipinski definition) is 5. The fourth-order valence-electron chi connectivity index (χ4n) is 4.55. The molecule has 0 aliphatic carbocycles. The molecule has 212 valence electrons. The molecule has 0 aliphatic heterocycles. The lowest BCUT2D eigenvalue weighted by molar-refractivity contribution is -0.126. The van der Waals surface area contributed by atoms with Crippen molar-refractivity contribution >= 4 is 11.8 Å². The van der Waals surface area contributed by atoms with Crippen molar-refractivity contribution in [1.82, 2.24) is 10.6 Å². The molecule has 41 heavy (non-hydrogen) atoms. The number of nitrogens with one attached hydrogen (secondary N) is 2. The number of para-hydroxylation sites is 2. The summed E-state index contributed by atoms with van der Waals surface area (Å²) in [7, 11) is 0. The van der Waals surface area contributed by atoms with Gasteiger partial charge in [-0.25, -0.2) is 0 Å². The summed E-state index contributed by atoms with van der Waals surface area (Å²) in [6.45, 7) is -0.324. The third kappa shape index (κ3) is 10.5. The molecule has 7 nitrogen and oxygen atoms in total. The number of carbonyl (C=O) groups is 2. The number of aliphatic hydroxyl groups excluding tert-OH is 1. The third-order valence-electron chi connectivity index (χ3n) is 6.55. The highest BCUT2D eigenvalue weighted by molar-refractivity contribution is 5.78. The van der Waals surface area contributed by atoms with Crippen LogP contribution in [-0.2, 0) is 22.4 Å². The number of amides is 2. The van der Waals surface area contributed by atoms with E-state index in [4.69, 9.17) is 9.47 Å². The summed E-state index contributed by atoms with van der Waals surface area (Å²) in [6.07, 6.45) is 0.212. The van der Waals surface area contributed by atoms with Crippen molar-refractivity contribution in [3.05, 3.63) is 132 Å². The van der Waals surface area contributed by atoms with Crippen molar-refractivity contribution in [3.63, 3.8) is 0 Å². The molecule has 3 N–H and O–H groups in total. The van der Waals surface area contributed by atoms with E-state index in [0.717, 1.165) is 11.1 Å². The number of hydrogen-bond donors (Lipinski definition) is 3. The molecule has 2 amide bonds. The van der Waals surface area contributed by atoms with Crippen molar-refractivity contribution in [3.8, 4) is 11.5 Å². The Balaban J connectivity index is 1.43. The molecule has 0 fully saturated rings. The van der Waals surface area contributed by atoms with Crippen LogP contribution in [0.5, 0.6) is 11.5 Å². The van der Waals surface area contributed by atoms with Gasteiger partial charge in [0.15, 0.2) is 13.2 Å². The molecule has 4 rings (SSSR count). The van der Waals surface area contributed by atoms with E-state index in [2.05, 4.69) is 10.6 Å². The SMILES string of the molecule is O=C(COc1ccccc1)N[C@@H](Cc1ccccc1)C[C@H](O)[C@H](Cc1ccccc1)NC(=O)COc1ccccc1. The largest absolute Gasteiger partial charge is 0.484 e. The van der Waals surface area contributed by atoms with Crippen molar-refractivity contribution in [2.75, 3.05) is 13.2 Å². The van der Waals surface area contributed by atoms with Crippen LogP contribution in [0.15, 0.2) is 121 Å². The van der Waals surface area contributed by atoms with E-state index in [1.54, 1.807) is 24.3 Å². The minimum absolute atomic E-state index is 0.146. The van der Waals surface area contributed by atoms with Crippen LogP contribution >= 0.6 is 0 Å². The third-order valence-corrected chi connectivity index (χ3v) is 6.55. The fraction of sp³-hybridized carbons (Fsp3) is 0.235. The molecule has 0 bridgehead atoms. The Morgan fingerprint density at radius 2 is 1.00 bits per heavy atom. The van der Waals surface area contributed by atoms with Gasteiger partial charge in [-0.3, -0.25) is 9.59 Å². The first-order chi connectivity index (χ1) is 20.0. The van der Waals surface area contributed by atoms with Crippen molar-refractivity contribution in [2.45, 2.75) is 37.5 Å². The summed E-state index contributed by atoms with van der Waals surface area (Å²) >= 11 is 0. The molecule has 0 aliphatic rings. The predicted molar refractivity (Wildman–Crippen MR) is 159 cm³/mol. The maximum absolute atomic E-state index is 12.9. The first-order valence-corrected chi connectivity index (χ1v) is 13.8. The molecule has 7 heteroatoms. The van der Waals surface area contributed by atoms with Gasteiger partial charge in [0.05, 0.1) is 12.1 Å². The van der Waals surface area contributed by atoms with Crippen LogP contribution in [-0.4, -0.2) is 48.3 Å². The van der Waals surface area contributed by atoms with Gasteiger partial charge in [-0.15, -0.1) is 0 Å². The second-order valence-electron chi connectivity index (χ2n) is 9.82. The molecule has 0 unspecified atom stereocenters. The quantitative estimate of drug-likeness (QED) is 0.204. The molecule has 0 aromatic heterocycles. The summed E-state index contributed by atoms with van der Waals surface area (Å²) in [5.41, 5.74) is 2.00. The normalized spacial score (nSPS) is 12.9. The zero-order valence-electron chi connectivity index (χ0n) is 22.9. The monoisotopic (exact) mass is 552 g/mol. The van der Waals surface area contributed by atoms with Gasteiger partial charge in [-0.2, -0.15) is 0 Å². The first kappa shape index (κ1) is 29.4. The lowest BCUT2D eigenvalue weighted by atomic mass is 9.93. The Kier molecular flexibility index (Phi) is 11.3. The standard InChI is InChI=1S/C34H36N2O5/c37-32(31(22-27-15-7-2-8-16-27)36-34(39)25-41-30-19-11-4-12-20-30)23-28(21-26-13-5-1-6-14-26)35-33(38)24-40-29-17-9-3-10-18-29/h1-20,28,31-32,37H,21-25H2,(H,35,38)(H,36,39)/t28-,31-,32-/m0/s1. The summed E-state index contributed by atoms with van der Waals surface area (Å²) in [5.74, 6) is 0.562. The molecule has 0 spiro atoms. The fourth-order valence-corrected chi connectivity index (χ4v) is 4.55. The Morgan fingerprint density at radius 1 is 0.585 bits per heavy atom. The van der Waals surface area contributed by atoms with Gasteiger partial charge in [-0.05, 0) is 54.7 Å². The highest BCUT2D eigenvalue weighted by Crippen LogP contribution is 2.15. The Labute approximate surface area is 241 Å². The van der Waals surface area contributed by atoms with E-state index < -0.39 is 18.2 Å². The van der Waals surface area contributed by atoms with Gasteiger partial charge in [-0.1, -0.05) is 97.1 Å². The molecular weight excluding hydrogens is 516 g/mol. The molecule has 3 atom stereocenters. The smallest absolute Gasteiger partial charge is 0.258 e. The van der Waals surface area contributed by atoms with Crippen LogP contribution in [0.2, 0.25) is 0 Å². The number of ether oxygens (including phenoxy) is 2. The van der Waals surface area contributed by atoms with Gasteiger partial charge in [0.2, 0.25) is 0 Å². The molecule has 0 saturated heterocycles. The van der Waals surface area contributed by atoms with E-state index in [1.807, 2.05) is 97.1 Å². The second kappa shape index (κ2) is 15.8. The lowest BCUT2D eigenvalue weighted by Gasteiger charge is -2.28. The maximum atomic E-state index is 12.9. The molecule has 0 radical (unpaired) electrons. The summed E-state index contributed by atoms with van der Waals surface area (Å²) in [6, 6.07) is 36.7. The van der Waals surface area contributed by atoms with Crippen LogP contribution in [0.4, 0.5) is 0 Å². The highest BCUT2D eigenvalue weighted by atomic mass is 16.5. The van der Waals surface area contributed by atoms with E-state index in [9.17, 15) is 14.7 Å². The van der Waals surface area contributed by atoms with Crippen LogP contribution in [0.1, 0.15) is 17.5 Å². The van der Waals surface area contributed by atoms with Gasteiger partial charge in [0.25, 0.3) is 11.8 Å². The van der Waals surface area contributed by atoms with Crippen molar-refractivity contribution in [2.24, 2.45) is 0 Å². The van der Waals surface area contributed by atoms with E-state index in [0.29, 0.717) is 24.3 Å². The Morgan fingerprint density at radius 3 is 1.49 bits per heavy atom. The van der Waals surface area contributed by atoms with Gasteiger partial charge < -0.3 is 25.2 Å². The van der Waals surface area contributed by atoms with E-state index in [1.165, 1.54) is 0 Å². The summed E-state index contributed by atoms with van der Waals surface area (Å²) in [4.78, 5) is 25.7. The van der Waals surface area contributed by atoms with Crippen LogP contribution in [0.25, 0.3) is 0 Å². The second-order valence-corrected chi connectivity index (χ2v) is 9.82. The zero-order valence-corrected chi connectivity index (χ0v) is 22.9. The number of aliphatic hydroxyl groups is 1. The summed E-state index contributed by atoms with van der Waals surface area (Å²) in [5, 5.41) is 17.4. The molecule has 4 aromatic rings. The van der Waals surface area contributed by atoms with Gasteiger partial charge in [0.1, 0.15) is 11.5 Å². The number of benzene rings is 4. The first-order valence-electron chi connectivity index (χ1n) is 13.8. The Hall–Kier alpha value is -4.62. The molecule has 0 saturated carbocycles. The zero-order chi connectivity index (χ0) is 28.7. The van der Waals surface area contributed by atoms with Crippen molar-refractivity contribution in [1.29, 1.82) is 0 Å². The van der Waals surface area contributed by atoms with Gasteiger partial charge >= 0.3 is 0 Å². The van der Waals surface area contributed by atoms with Crippen LogP contribution in [0.3, 0.4) is 0 Å². The minimum atomic E-state index is -0.945. The average molecular weight is 553 g/mol. The molecular formula is C34H36N2O5. The lowest BCUT2D eigenvalue weighted by Crippen LogP contribution is -2.50. The van der Waals surface area contributed by atoms with E-state index >= 15 is 0 Å². The number of carbonyl (C=O) groups excluding carboxylic acids is 2. The predicted octanol–water partition coefficient (Wildman–Crippen LogP) is 4.35. The number of rotatable bonds is 15. The van der Waals surface area contributed by atoms with Crippen LogP contribution < -0.4 is 20.1 Å². The Bertz CT molecular complexity index is 1320. The maximum Gasteiger partial charge on any atom is 0.258 e. The minimum Gasteiger partial charge on any atom is -0.484 e. The van der Waals surface area contributed by atoms with Crippen molar-refractivity contribution < 1.29 is 24.2 Å². The van der Waals surface area contributed by atoms with E-state index in [-0.39, 0.29) is 31.4 Å². The molecule has 4 aromatic carbocycles. The average Bonchev–Trinajstić information content (AvgIpc) is 3.01. The van der Waals surface area contributed by atoms with Crippen LogP contribution in [0, 0.1) is 0 Å². The highest BCUT2D eigenvalue weighted by Gasteiger charge is 2.26.